The first kappa shape index (κ1) is 22.8. The fourth-order valence-electron chi connectivity index (χ4n) is 3.69. The number of amides is 1. The number of carbonyl (C=O) groups is 1. The number of hydrogen-bond donors (Lipinski definition) is 1. The van der Waals surface area contributed by atoms with E-state index in [4.69, 9.17) is 13.9 Å². The van der Waals surface area contributed by atoms with E-state index in [1.54, 1.807) is 42.6 Å². The van der Waals surface area contributed by atoms with E-state index in [0.29, 0.717) is 39.9 Å². The van der Waals surface area contributed by atoms with Crippen LogP contribution < -0.4 is 14.8 Å². The molecule has 0 spiro atoms. The Labute approximate surface area is 200 Å². The monoisotopic (exact) mass is 479 g/mol. The summed E-state index contributed by atoms with van der Waals surface area (Å²) in [5, 5.41) is 2.84. The van der Waals surface area contributed by atoms with Crippen molar-refractivity contribution in [2.75, 3.05) is 6.61 Å². The van der Waals surface area contributed by atoms with Gasteiger partial charge in [-0.3, -0.25) is 4.79 Å². The topological polar surface area (TPSA) is 86.5 Å². The van der Waals surface area contributed by atoms with Crippen molar-refractivity contribution in [3.8, 4) is 28.8 Å². The zero-order valence-electron chi connectivity index (χ0n) is 19.1. The molecule has 2 heterocycles. The lowest BCUT2D eigenvalue weighted by molar-refractivity contribution is -0.119. The highest BCUT2D eigenvalue weighted by atomic mass is 19.3. The number of benzene rings is 2. The molecule has 1 N–H and O–H groups in total. The standard InChI is InChI=1S/C26H23F2N3O4/c1-15(30-16(2)32)17-6-8-22-24(10-17)35-25(31-22)23-9-7-21(13-29-23)34-20-5-3-4-19(11-20)33-14-18-12-26(18,27)28/h3-11,13,15,18H,12,14H2,1-2H3,(H,30,32)/t15?,18-/m0/s1. The Morgan fingerprint density at radius 1 is 1.17 bits per heavy atom. The van der Waals surface area contributed by atoms with Crippen molar-refractivity contribution in [1.29, 1.82) is 0 Å². The number of fused-ring (bicyclic) bond motifs is 1. The van der Waals surface area contributed by atoms with Gasteiger partial charge in [0.05, 0.1) is 24.8 Å². The zero-order valence-corrected chi connectivity index (χ0v) is 19.1. The fourth-order valence-corrected chi connectivity index (χ4v) is 3.69. The van der Waals surface area contributed by atoms with E-state index in [0.717, 1.165) is 5.56 Å². The van der Waals surface area contributed by atoms with Crippen LogP contribution in [-0.2, 0) is 4.79 Å². The summed E-state index contributed by atoms with van der Waals surface area (Å²) in [4.78, 5) is 20.2. The van der Waals surface area contributed by atoms with Crippen molar-refractivity contribution in [3.05, 3.63) is 66.4 Å². The van der Waals surface area contributed by atoms with Crippen molar-refractivity contribution >= 4 is 17.0 Å². The second kappa shape index (κ2) is 8.98. The Morgan fingerprint density at radius 3 is 2.69 bits per heavy atom. The Kier molecular flexibility index (Phi) is 5.84. The van der Waals surface area contributed by atoms with Gasteiger partial charge in [-0.15, -0.1) is 0 Å². The van der Waals surface area contributed by atoms with E-state index in [1.807, 2.05) is 25.1 Å². The first-order valence-electron chi connectivity index (χ1n) is 11.2. The molecule has 5 rings (SSSR count). The van der Waals surface area contributed by atoms with Crippen LogP contribution in [0.25, 0.3) is 22.7 Å². The van der Waals surface area contributed by atoms with Gasteiger partial charge in [-0.25, -0.2) is 18.7 Å². The smallest absolute Gasteiger partial charge is 0.255 e. The molecule has 1 amide bonds. The largest absolute Gasteiger partial charge is 0.493 e. The van der Waals surface area contributed by atoms with Gasteiger partial charge in [-0.2, -0.15) is 0 Å². The maximum absolute atomic E-state index is 13.0. The lowest BCUT2D eigenvalue weighted by Gasteiger charge is -2.12. The van der Waals surface area contributed by atoms with Crippen molar-refractivity contribution in [2.24, 2.45) is 5.92 Å². The van der Waals surface area contributed by atoms with Gasteiger partial charge in [0, 0.05) is 19.4 Å². The number of oxazole rings is 1. The maximum Gasteiger partial charge on any atom is 0.255 e. The summed E-state index contributed by atoms with van der Waals surface area (Å²) >= 11 is 0. The summed E-state index contributed by atoms with van der Waals surface area (Å²) in [6, 6.07) is 15.7. The Bertz CT molecular complexity index is 1370. The van der Waals surface area contributed by atoms with Gasteiger partial charge >= 0.3 is 0 Å². The van der Waals surface area contributed by atoms with Crippen molar-refractivity contribution < 1.29 is 27.5 Å². The van der Waals surface area contributed by atoms with E-state index < -0.39 is 11.8 Å². The molecule has 4 aromatic rings. The van der Waals surface area contributed by atoms with Gasteiger partial charge in [0.2, 0.25) is 11.8 Å². The molecule has 0 saturated heterocycles. The molecule has 1 aliphatic carbocycles. The molecule has 1 fully saturated rings. The molecule has 9 heteroatoms. The van der Waals surface area contributed by atoms with Crippen LogP contribution >= 0.6 is 0 Å². The van der Waals surface area contributed by atoms with Crippen LogP contribution in [0.5, 0.6) is 17.2 Å². The van der Waals surface area contributed by atoms with Crippen LogP contribution in [0.4, 0.5) is 8.78 Å². The summed E-state index contributed by atoms with van der Waals surface area (Å²) in [5.41, 5.74) is 2.72. The van der Waals surface area contributed by atoms with Crippen LogP contribution in [-0.4, -0.2) is 28.4 Å². The number of halogens is 2. The maximum atomic E-state index is 13.0. The predicted molar refractivity (Wildman–Crippen MR) is 125 cm³/mol. The molecular formula is C26H23F2N3O4. The molecule has 1 unspecified atom stereocenters. The van der Waals surface area contributed by atoms with E-state index in [9.17, 15) is 13.6 Å². The first-order valence-corrected chi connectivity index (χ1v) is 11.2. The normalized spacial score (nSPS) is 17.1. The van der Waals surface area contributed by atoms with Gasteiger partial charge < -0.3 is 19.2 Å². The number of nitrogens with one attached hydrogen (secondary N) is 1. The van der Waals surface area contributed by atoms with Crippen LogP contribution in [0.3, 0.4) is 0 Å². The average Bonchev–Trinajstić information content (AvgIpc) is 3.23. The molecule has 2 aromatic heterocycles. The molecule has 180 valence electrons. The quantitative estimate of drug-likeness (QED) is 0.338. The first-order chi connectivity index (χ1) is 16.8. The summed E-state index contributed by atoms with van der Waals surface area (Å²) in [6.07, 6.45) is 1.42. The fraction of sp³-hybridized carbons (Fsp3) is 0.269. The number of alkyl halides is 2. The predicted octanol–water partition coefficient (Wildman–Crippen LogP) is 5.91. The number of carbonyl (C=O) groups excluding carboxylic acids is 1. The minimum absolute atomic E-state index is 0.0230. The third-order valence-corrected chi connectivity index (χ3v) is 5.74. The third-order valence-electron chi connectivity index (χ3n) is 5.74. The van der Waals surface area contributed by atoms with E-state index in [1.165, 1.54) is 6.92 Å². The van der Waals surface area contributed by atoms with Gasteiger partial charge in [0.15, 0.2) is 5.58 Å². The number of pyridine rings is 1. The Morgan fingerprint density at radius 2 is 1.97 bits per heavy atom. The Balaban J connectivity index is 1.26. The molecule has 0 radical (unpaired) electrons. The van der Waals surface area contributed by atoms with E-state index in [-0.39, 0.29) is 25.0 Å². The molecule has 2 atom stereocenters. The summed E-state index contributed by atoms with van der Waals surface area (Å²) in [6.45, 7) is 3.35. The second-order valence-corrected chi connectivity index (χ2v) is 8.60. The molecule has 7 nitrogen and oxygen atoms in total. The molecular weight excluding hydrogens is 456 g/mol. The van der Waals surface area contributed by atoms with Crippen molar-refractivity contribution in [2.45, 2.75) is 32.2 Å². The Hall–Kier alpha value is -4.01. The highest BCUT2D eigenvalue weighted by Crippen LogP contribution is 2.48. The number of ether oxygens (including phenoxy) is 2. The molecule has 0 aliphatic heterocycles. The molecule has 1 aliphatic rings. The zero-order chi connectivity index (χ0) is 24.6. The van der Waals surface area contributed by atoms with Crippen LogP contribution in [0, 0.1) is 5.92 Å². The van der Waals surface area contributed by atoms with Gasteiger partial charge in [-0.05, 0) is 48.9 Å². The lowest BCUT2D eigenvalue weighted by Crippen LogP contribution is -2.23. The van der Waals surface area contributed by atoms with E-state index >= 15 is 0 Å². The lowest BCUT2D eigenvalue weighted by atomic mass is 10.1. The molecule has 1 saturated carbocycles. The summed E-state index contributed by atoms with van der Waals surface area (Å²) in [7, 11) is 0. The van der Waals surface area contributed by atoms with Crippen LogP contribution in [0.15, 0.2) is 65.2 Å². The van der Waals surface area contributed by atoms with Crippen LogP contribution in [0.1, 0.15) is 31.9 Å². The van der Waals surface area contributed by atoms with Crippen molar-refractivity contribution in [3.63, 3.8) is 0 Å². The SMILES string of the molecule is CC(=O)NC(C)c1ccc2nc(-c3ccc(Oc4cccc(OC[C@@H]5CC5(F)F)c4)cn3)oc2c1. The molecule has 2 aromatic carbocycles. The number of rotatable bonds is 8. The van der Waals surface area contributed by atoms with Crippen molar-refractivity contribution in [1.82, 2.24) is 15.3 Å². The highest BCUT2D eigenvalue weighted by molar-refractivity contribution is 5.77. The average molecular weight is 479 g/mol. The molecule has 35 heavy (non-hydrogen) atoms. The van der Waals surface area contributed by atoms with Gasteiger partial charge in [-0.1, -0.05) is 12.1 Å². The molecule has 0 bridgehead atoms. The minimum Gasteiger partial charge on any atom is -0.493 e. The summed E-state index contributed by atoms with van der Waals surface area (Å²) in [5.74, 6) is -1.61. The van der Waals surface area contributed by atoms with Gasteiger partial charge in [0.1, 0.15) is 28.5 Å². The third kappa shape index (κ3) is 5.24. The minimum atomic E-state index is -2.61. The number of hydrogen-bond acceptors (Lipinski definition) is 6. The second-order valence-electron chi connectivity index (χ2n) is 8.60. The van der Waals surface area contributed by atoms with E-state index in [2.05, 4.69) is 15.3 Å². The number of aromatic nitrogens is 2. The number of nitrogens with zero attached hydrogens (tertiary/aromatic N) is 2. The van der Waals surface area contributed by atoms with Gasteiger partial charge in [0.25, 0.3) is 5.92 Å². The summed E-state index contributed by atoms with van der Waals surface area (Å²) < 4.78 is 43.3. The van der Waals surface area contributed by atoms with Crippen LogP contribution in [0.2, 0.25) is 0 Å². The highest BCUT2D eigenvalue weighted by Gasteiger charge is 2.57.